The lowest BCUT2D eigenvalue weighted by Crippen LogP contribution is -2.65. The second-order valence-electron chi connectivity index (χ2n) is 20.7. The molecule has 0 aliphatic carbocycles. The lowest BCUT2D eigenvalue weighted by Gasteiger charge is -2.45. The van der Waals surface area contributed by atoms with Gasteiger partial charge in [0.1, 0.15) is 97.7 Å². The third-order valence-corrected chi connectivity index (χ3v) is 19.8. The van der Waals surface area contributed by atoms with Gasteiger partial charge >= 0.3 is 159 Å². The third kappa shape index (κ3) is 36.0. The summed E-state index contributed by atoms with van der Waals surface area (Å²) in [5.41, 5.74) is 0. The van der Waals surface area contributed by atoms with Gasteiger partial charge in [0, 0.05) is 6.42 Å². The van der Waals surface area contributed by atoms with Crippen molar-refractivity contribution in [2.75, 3.05) is 39.6 Å². The molecule has 26 atom stereocenters. The molecule has 5 rings (SSSR count). The normalized spacial score (nSPS) is 33.9. The molecule has 5 aliphatic rings. The lowest BCUT2D eigenvalue weighted by molar-refractivity contribution is -0.320. The van der Waals surface area contributed by atoms with Crippen molar-refractivity contribution in [1.29, 1.82) is 0 Å². The molecule has 5 aliphatic heterocycles. The summed E-state index contributed by atoms with van der Waals surface area (Å²) in [6.07, 6.45) is -70.8. The van der Waals surface area contributed by atoms with Crippen LogP contribution < -0.4 is 0 Å². The molecule has 111 heavy (non-hydrogen) atoms. The Balaban J connectivity index is 1.62. The summed E-state index contributed by atoms with van der Waals surface area (Å²) < 4.78 is 586. The van der Waals surface area contributed by atoms with Crippen LogP contribution in [0.25, 0.3) is 0 Å². The van der Waals surface area contributed by atoms with Gasteiger partial charge in [0.15, 0.2) is 43.5 Å². The maximum absolute atomic E-state index is 12.5. The van der Waals surface area contributed by atoms with Crippen molar-refractivity contribution in [3.8, 4) is 0 Å². The predicted molar refractivity (Wildman–Crippen MR) is 318 cm³/mol. The van der Waals surface area contributed by atoms with Crippen LogP contribution in [0.3, 0.4) is 0 Å². The van der Waals surface area contributed by atoms with Crippen molar-refractivity contribution >= 4 is 159 Å². The van der Waals surface area contributed by atoms with Crippen LogP contribution >= 0.6 is 0 Å². The molecule has 81 heteroatoms. The van der Waals surface area contributed by atoms with Crippen LogP contribution in [-0.4, -0.2) is 363 Å². The predicted octanol–water partition coefficient (Wildman–Crippen LogP) is -11.8. The van der Waals surface area contributed by atoms with Crippen LogP contribution in [0.2, 0.25) is 0 Å². The second kappa shape index (κ2) is 38.8. The molecular weight excluding hydrogens is 1900 g/mol. The van der Waals surface area contributed by atoms with E-state index in [0.717, 1.165) is 0 Å². The molecule has 0 amide bonds. The zero-order valence-electron chi connectivity index (χ0n) is 51.9. The Kier molecular flexibility index (Phi) is 34.9. The number of hydrogen-bond donors (Lipinski definition) is 15. The van der Waals surface area contributed by atoms with E-state index >= 15 is 0 Å². The van der Waals surface area contributed by atoms with Crippen LogP contribution in [0.1, 0.15) is 6.42 Å². The van der Waals surface area contributed by atoms with Gasteiger partial charge in [-0.25, -0.2) is 50.2 Å². The monoisotopic (exact) mass is 1950 g/mol. The average molecular weight is 1950 g/mol. The molecule has 15 N–H and O–H groups in total. The van der Waals surface area contributed by atoms with E-state index in [-0.39, 0.29) is 0 Å². The van der Waals surface area contributed by atoms with E-state index in [1.54, 1.807) is 0 Å². The minimum Gasteiger partial charge on any atom is -0.364 e. The smallest absolute Gasteiger partial charge is 0.364 e. The van der Waals surface area contributed by atoms with Gasteiger partial charge in [-0.1, -0.05) is 0 Å². The van der Waals surface area contributed by atoms with Gasteiger partial charge in [0.2, 0.25) is 0 Å². The summed E-state index contributed by atoms with van der Waals surface area (Å²) in [6.45, 7) is -11.0. The molecule has 5 heterocycles. The highest BCUT2D eigenvalue weighted by atomic mass is 32.3. The fourth-order valence-electron chi connectivity index (χ4n) is 9.85. The van der Waals surface area contributed by atoms with E-state index in [2.05, 4.69) is 58.6 Å². The molecule has 658 valence electrons. The first kappa shape index (κ1) is 99.9. The maximum Gasteiger partial charge on any atom is 0.397 e. The lowest BCUT2D eigenvalue weighted by atomic mass is 9.98. The number of hydrogen-bond acceptors (Lipinski definition) is 51. The second-order valence-corrected chi connectivity index (χ2v) is 35.3. The zero-order valence-corrected chi connectivity index (χ0v) is 64.1. The van der Waals surface area contributed by atoms with Crippen molar-refractivity contribution in [1.82, 2.24) is 0 Å². The Hall–Kier alpha value is -1.71. The average Bonchev–Trinajstić information content (AvgIpc) is 0.944. The molecule has 0 aromatic carbocycles. The topological polar surface area (TPSA) is 986 Å². The quantitative estimate of drug-likeness (QED) is 0.0199. The van der Waals surface area contributed by atoms with Gasteiger partial charge in [-0.2, -0.15) is 114 Å². The number of ether oxygens (including phenoxy) is 9. The molecule has 5 fully saturated rings. The summed E-state index contributed by atoms with van der Waals surface area (Å²) in [6, 6.07) is 0. The Labute approximate surface area is 629 Å². The van der Waals surface area contributed by atoms with Gasteiger partial charge in [-0.05, 0) is 0 Å². The summed E-state index contributed by atoms with van der Waals surface area (Å²) in [5, 5.41) is 0. The fourth-order valence-corrected chi connectivity index (χ4v) is 16.7. The van der Waals surface area contributed by atoms with Crippen molar-refractivity contribution < 1.29 is 287 Å². The van der Waals surface area contributed by atoms with Crippen molar-refractivity contribution in [3.05, 3.63) is 0 Å². The molecule has 66 nitrogen and oxygen atoms in total. The van der Waals surface area contributed by atoms with Crippen LogP contribution in [0, 0.1) is 0 Å². The van der Waals surface area contributed by atoms with Gasteiger partial charge in [-0.15, -0.1) is 0 Å². The summed E-state index contributed by atoms with van der Waals surface area (Å²) >= 11 is -11.2. The minimum atomic E-state index is -6.36. The van der Waals surface area contributed by atoms with Crippen LogP contribution in [0.4, 0.5) is 0 Å². The molecule has 3 unspecified atom stereocenters. The first-order chi connectivity index (χ1) is 49.9. The van der Waals surface area contributed by atoms with Gasteiger partial charge in [-0.3, -0.25) is 80.8 Å². The van der Waals surface area contributed by atoms with E-state index in [1.165, 1.54) is 0 Å². The first-order valence-electron chi connectivity index (χ1n) is 26.8. The Morgan fingerprint density at radius 1 is 0.243 bits per heavy atom. The van der Waals surface area contributed by atoms with Crippen LogP contribution in [0.15, 0.2) is 0 Å². The van der Waals surface area contributed by atoms with Crippen molar-refractivity contribution in [3.63, 3.8) is 0 Å². The fraction of sp³-hybridized carbons (Fsp3) is 1.00. The molecule has 0 aromatic heterocycles. The standard InChI is InChI=1S/C30H52O66S15/c31-97(32)77-6-14-19(90-105(52,53)54)22(93-108(61,62)63)25(95-110(67,68)69)30(82-14)76-5-13-18(89-104(49,50)51)21(92-107(58,59)60)24(85-99(35)36)28(81-13)75-4-12-17(88-103(46,47)48)16(87-102(43,44)45)11(79-12)3-73-27-9(86-101(40,41)42)1-8(84-98(33)34)10(80-27)2-74-29-26(96-111(70,71)72)23(94-109(64,65)66)20(91-106(55,56)57)15(83-29)7-78-100(37,38)39/h8-30H,1-7H2,(H,31,32)(H,33,34)(H,35,36)(H,37,38,39)(H,40,41,42)(H,43,44,45)(H,46,47,48)(H,49,50,51)(H,52,53,54)(H,55,56,57)(H,58,59,60)(H,61,62,63)(H,64,65,66)(H,67,68,69)(H,70,71,72)/t8-,9+,10+,11+,12+,13+,14+,15+,16+,17+,18+,19+,20+,21-,22-,23-,24+,25+,26+,27+,28+,29+,30+/m0/s1. The minimum absolute atomic E-state index is 1.44. The molecule has 0 bridgehead atoms. The maximum atomic E-state index is 12.5. The molecule has 5 saturated heterocycles. The molecule has 0 radical (unpaired) electrons. The summed E-state index contributed by atoms with van der Waals surface area (Å²) in [7, 11) is -74.0. The first-order valence-corrected chi connectivity index (χ1v) is 46.2. The van der Waals surface area contributed by atoms with Gasteiger partial charge in [0.25, 0.3) is 0 Å². The highest BCUT2D eigenvalue weighted by Gasteiger charge is 2.60. The molecular formula is C30H52O66S15. The van der Waals surface area contributed by atoms with Crippen LogP contribution in [0.5, 0.6) is 0 Å². The Morgan fingerprint density at radius 3 is 0.793 bits per heavy atom. The van der Waals surface area contributed by atoms with Gasteiger partial charge in [0.05, 0.1) is 39.6 Å². The van der Waals surface area contributed by atoms with E-state index < -0.39 is 346 Å². The molecule has 0 saturated carbocycles. The third-order valence-electron chi connectivity index (χ3n) is 13.1. The van der Waals surface area contributed by atoms with Crippen LogP contribution in [-0.2, 0) is 264 Å². The number of rotatable bonds is 44. The highest BCUT2D eigenvalue weighted by Crippen LogP contribution is 2.39. The highest BCUT2D eigenvalue weighted by molar-refractivity contribution is 7.83. The van der Waals surface area contributed by atoms with Crippen molar-refractivity contribution in [2.24, 2.45) is 0 Å². The summed E-state index contributed by atoms with van der Waals surface area (Å²) in [4.78, 5) is 0. The van der Waals surface area contributed by atoms with E-state index in [0.29, 0.717) is 0 Å². The van der Waals surface area contributed by atoms with E-state index in [1.807, 2.05) is 0 Å². The van der Waals surface area contributed by atoms with E-state index in [4.69, 9.17) is 46.8 Å². The van der Waals surface area contributed by atoms with Gasteiger partial charge < -0.3 is 42.6 Å². The largest absolute Gasteiger partial charge is 0.397 e. The zero-order chi connectivity index (χ0) is 84.9. The Bertz CT molecular complexity index is 4720. The molecule has 0 spiro atoms. The Morgan fingerprint density at radius 2 is 0.486 bits per heavy atom. The van der Waals surface area contributed by atoms with Crippen molar-refractivity contribution in [2.45, 2.75) is 148 Å². The summed E-state index contributed by atoms with van der Waals surface area (Å²) in [5.74, 6) is 0. The molecule has 0 aromatic rings. The van der Waals surface area contributed by atoms with E-state index in [9.17, 15) is 182 Å². The SMILES string of the molecule is O=S(O)OC[C@H]1O[C@@H](OC[C@H]2O[C@@H](OC[C@H]3O[C@H](CO[C@@H]4O[C@H](CO[C@@H]5O[C@H](COS(=O)(=O)O)[C@@H](OS(=O)(=O)O)[C@H](OS(=O)(=O)O)[C@H]5OS(=O)(=O)O)[C@@H](OS(=O)O)C[C@H]4OS(=O)(=O)O)[C@@H](OS(=O)(=O)O)[C@@H]3OS(=O)(=O)O)[C@H](OS(=O)O)[C@@H](OS(=O)(=O)O)[C@@H]2OS(=O)(=O)O)[C@H](OS(=O)(=O)O)[C@@H](OS(=O)(=O)O)[C@@H]1OS(=O)(=O)O.